The number of amides is 1. The summed E-state index contributed by atoms with van der Waals surface area (Å²) in [6.07, 6.45) is 0.842. The van der Waals surface area contributed by atoms with Gasteiger partial charge in [0.05, 0.1) is 11.4 Å². The summed E-state index contributed by atoms with van der Waals surface area (Å²) in [5.41, 5.74) is 4.91. The van der Waals surface area contributed by atoms with Crippen LogP contribution in [0.4, 0.5) is 5.69 Å². The highest BCUT2D eigenvalue weighted by Gasteiger charge is 2.20. The van der Waals surface area contributed by atoms with E-state index in [9.17, 15) is 4.79 Å². The van der Waals surface area contributed by atoms with E-state index in [0.29, 0.717) is 11.7 Å². The summed E-state index contributed by atoms with van der Waals surface area (Å²) in [7, 11) is 0. The molecule has 1 aromatic carbocycles. The van der Waals surface area contributed by atoms with Crippen LogP contribution in [0.25, 0.3) is 0 Å². The van der Waals surface area contributed by atoms with Gasteiger partial charge in [-0.3, -0.25) is 9.69 Å². The highest BCUT2D eigenvalue weighted by Crippen LogP contribution is 2.32. The van der Waals surface area contributed by atoms with Crippen LogP contribution in [-0.4, -0.2) is 15.7 Å². The van der Waals surface area contributed by atoms with Gasteiger partial charge in [0.15, 0.2) is 0 Å². The van der Waals surface area contributed by atoms with Gasteiger partial charge in [0.1, 0.15) is 6.67 Å². The highest BCUT2D eigenvalue weighted by atomic mass is 35.5. The number of nitrogens with zero attached hydrogens (tertiary/aromatic N) is 3. The quantitative estimate of drug-likeness (QED) is 0.853. The van der Waals surface area contributed by atoms with E-state index in [1.807, 2.05) is 43.7 Å². The van der Waals surface area contributed by atoms with Crippen LogP contribution in [0, 0.1) is 20.8 Å². The molecule has 22 heavy (non-hydrogen) atoms. The number of anilines is 1. The molecule has 0 saturated carbocycles. The topological polar surface area (TPSA) is 38.1 Å². The number of rotatable bonds is 4. The van der Waals surface area contributed by atoms with Gasteiger partial charge in [-0.25, -0.2) is 4.68 Å². The number of hydrogen-bond acceptors (Lipinski definition) is 2. The molecule has 0 spiro atoms. The van der Waals surface area contributed by atoms with E-state index in [-0.39, 0.29) is 5.91 Å². The van der Waals surface area contributed by atoms with Crippen molar-refractivity contribution in [3.05, 3.63) is 45.7 Å². The van der Waals surface area contributed by atoms with Crippen LogP contribution in [0.2, 0.25) is 5.02 Å². The minimum Gasteiger partial charge on any atom is -0.292 e. The molecule has 2 aromatic rings. The number of benzene rings is 1. The monoisotopic (exact) mass is 319 g/mol. The summed E-state index contributed by atoms with van der Waals surface area (Å²) in [6.45, 7) is 9.93. The molecular formula is C17H22ClN3O. The molecule has 0 radical (unpaired) electrons. The van der Waals surface area contributed by atoms with Crippen molar-refractivity contribution in [3.8, 4) is 0 Å². The van der Waals surface area contributed by atoms with E-state index in [1.54, 1.807) is 11.8 Å². The fourth-order valence-electron chi connectivity index (χ4n) is 2.67. The fraction of sp³-hybridized carbons (Fsp3) is 0.412. The lowest BCUT2D eigenvalue weighted by molar-refractivity contribution is -0.117. The Morgan fingerprint density at radius 1 is 1.32 bits per heavy atom. The Morgan fingerprint density at radius 3 is 2.50 bits per heavy atom. The standard InChI is InChI=1S/C17H22ClN3O/c1-6-15-7-8-16(18)13(4)17(15)20(14(5)22)10-21-12(3)9-11(2)19-21/h7-9H,6,10H2,1-5H3. The Bertz CT molecular complexity index is 706. The van der Waals surface area contributed by atoms with Crippen LogP contribution in [0.15, 0.2) is 18.2 Å². The van der Waals surface area contributed by atoms with Crippen molar-refractivity contribution >= 4 is 23.2 Å². The molecule has 1 amide bonds. The summed E-state index contributed by atoms with van der Waals surface area (Å²) in [5, 5.41) is 5.13. The summed E-state index contributed by atoms with van der Waals surface area (Å²) >= 11 is 6.27. The van der Waals surface area contributed by atoms with E-state index in [2.05, 4.69) is 12.0 Å². The minimum atomic E-state index is -0.0207. The molecule has 0 saturated heterocycles. The van der Waals surface area contributed by atoms with Gasteiger partial charge in [0, 0.05) is 17.6 Å². The summed E-state index contributed by atoms with van der Waals surface area (Å²) in [6, 6.07) is 5.88. The van der Waals surface area contributed by atoms with E-state index in [0.717, 1.165) is 34.6 Å². The lowest BCUT2D eigenvalue weighted by Crippen LogP contribution is -2.33. The Balaban J connectivity index is 2.51. The first-order valence-electron chi connectivity index (χ1n) is 7.42. The summed E-state index contributed by atoms with van der Waals surface area (Å²) in [4.78, 5) is 14.0. The Kier molecular flexibility index (Phi) is 4.91. The molecule has 0 bridgehead atoms. The lowest BCUT2D eigenvalue weighted by Gasteiger charge is -2.26. The number of halogens is 1. The average molecular weight is 320 g/mol. The van der Waals surface area contributed by atoms with Crippen LogP contribution >= 0.6 is 11.6 Å². The third-order valence-electron chi connectivity index (χ3n) is 3.86. The fourth-order valence-corrected chi connectivity index (χ4v) is 2.83. The molecule has 0 aliphatic heterocycles. The predicted molar refractivity (Wildman–Crippen MR) is 90.4 cm³/mol. The Labute approximate surface area is 136 Å². The number of aryl methyl sites for hydroxylation is 3. The molecule has 0 unspecified atom stereocenters. The van der Waals surface area contributed by atoms with Crippen molar-refractivity contribution in [2.45, 2.75) is 47.7 Å². The van der Waals surface area contributed by atoms with Gasteiger partial charge in [-0.1, -0.05) is 24.6 Å². The van der Waals surface area contributed by atoms with Crippen LogP contribution in [0.5, 0.6) is 0 Å². The minimum absolute atomic E-state index is 0.0207. The molecule has 2 rings (SSSR count). The molecule has 0 aliphatic carbocycles. The molecule has 1 aromatic heterocycles. The molecule has 118 valence electrons. The zero-order chi connectivity index (χ0) is 16.4. The number of carbonyl (C=O) groups excluding carboxylic acids is 1. The van der Waals surface area contributed by atoms with E-state index in [1.165, 1.54) is 0 Å². The number of aromatic nitrogens is 2. The molecule has 0 atom stereocenters. The second kappa shape index (κ2) is 6.53. The van der Waals surface area contributed by atoms with Gasteiger partial charge < -0.3 is 0 Å². The summed E-state index contributed by atoms with van der Waals surface area (Å²) in [5.74, 6) is -0.0207. The molecule has 4 nitrogen and oxygen atoms in total. The first kappa shape index (κ1) is 16.6. The first-order chi connectivity index (χ1) is 10.3. The van der Waals surface area contributed by atoms with E-state index in [4.69, 9.17) is 11.6 Å². The van der Waals surface area contributed by atoms with Gasteiger partial charge in [-0.15, -0.1) is 0 Å². The van der Waals surface area contributed by atoms with Crippen LogP contribution in [-0.2, 0) is 17.9 Å². The second-order valence-corrected chi connectivity index (χ2v) is 5.96. The van der Waals surface area contributed by atoms with Crippen molar-refractivity contribution in [1.29, 1.82) is 0 Å². The number of hydrogen-bond donors (Lipinski definition) is 0. The zero-order valence-electron chi connectivity index (χ0n) is 13.8. The maximum absolute atomic E-state index is 12.2. The van der Waals surface area contributed by atoms with Crippen molar-refractivity contribution < 1.29 is 4.79 Å². The molecule has 5 heteroatoms. The van der Waals surface area contributed by atoms with Crippen molar-refractivity contribution in [3.63, 3.8) is 0 Å². The third kappa shape index (κ3) is 3.17. The van der Waals surface area contributed by atoms with Crippen molar-refractivity contribution in [1.82, 2.24) is 9.78 Å². The SMILES string of the molecule is CCc1ccc(Cl)c(C)c1N(Cn1nc(C)cc1C)C(C)=O. The molecule has 0 aliphatic rings. The average Bonchev–Trinajstić information content (AvgIpc) is 2.77. The second-order valence-electron chi connectivity index (χ2n) is 5.55. The van der Waals surface area contributed by atoms with Gasteiger partial charge >= 0.3 is 0 Å². The van der Waals surface area contributed by atoms with Crippen LogP contribution in [0.1, 0.15) is 36.4 Å². The normalized spacial score (nSPS) is 10.8. The highest BCUT2D eigenvalue weighted by molar-refractivity contribution is 6.31. The maximum atomic E-state index is 12.2. The predicted octanol–water partition coefficient (Wildman–Crippen LogP) is 4.03. The van der Waals surface area contributed by atoms with Crippen LogP contribution in [0.3, 0.4) is 0 Å². The van der Waals surface area contributed by atoms with Gasteiger partial charge in [0.2, 0.25) is 5.91 Å². The zero-order valence-corrected chi connectivity index (χ0v) is 14.5. The van der Waals surface area contributed by atoms with E-state index < -0.39 is 0 Å². The largest absolute Gasteiger partial charge is 0.292 e. The van der Waals surface area contributed by atoms with Gasteiger partial charge in [-0.05, 0) is 50.5 Å². The van der Waals surface area contributed by atoms with Crippen LogP contribution < -0.4 is 4.90 Å². The van der Waals surface area contributed by atoms with E-state index >= 15 is 0 Å². The summed E-state index contributed by atoms with van der Waals surface area (Å²) < 4.78 is 1.84. The molecule has 0 fully saturated rings. The molecule has 0 N–H and O–H groups in total. The van der Waals surface area contributed by atoms with Crippen molar-refractivity contribution in [2.24, 2.45) is 0 Å². The van der Waals surface area contributed by atoms with Crippen molar-refractivity contribution in [2.75, 3.05) is 4.90 Å². The third-order valence-corrected chi connectivity index (χ3v) is 4.27. The molecular weight excluding hydrogens is 298 g/mol. The number of carbonyl (C=O) groups is 1. The lowest BCUT2D eigenvalue weighted by atomic mass is 10.0. The first-order valence-corrected chi connectivity index (χ1v) is 7.80. The van der Waals surface area contributed by atoms with Gasteiger partial charge in [0.25, 0.3) is 0 Å². The van der Waals surface area contributed by atoms with Gasteiger partial charge in [-0.2, -0.15) is 5.10 Å². The Morgan fingerprint density at radius 2 is 2.00 bits per heavy atom. The molecule has 1 heterocycles. The Hall–Kier alpha value is -1.81. The smallest absolute Gasteiger partial charge is 0.225 e. The maximum Gasteiger partial charge on any atom is 0.225 e.